The Hall–Kier alpha value is 0. The summed E-state index contributed by atoms with van der Waals surface area (Å²) in [7, 11) is 0. The van der Waals surface area contributed by atoms with Crippen molar-refractivity contribution in [1.82, 2.24) is 0 Å². The summed E-state index contributed by atoms with van der Waals surface area (Å²) in [4.78, 5) is 0. The molecule has 0 heteroatoms. The molecule has 0 radical (unpaired) electrons. The minimum Gasteiger partial charge on any atom is -0.0620 e. The molecule has 46 valence electrons. The molecule has 3 rings (SSSR count). The summed E-state index contributed by atoms with van der Waals surface area (Å²) in [5.41, 5.74) is 0. The Kier molecular flexibility index (Phi) is 0.902. The van der Waals surface area contributed by atoms with Crippen molar-refractivity contribution < 1.29 is 0 Å². The van der Waals surface area contributed by atoms with Crippen molar-refractivity contribution >= 4 is 0 Å². The largest absolute Gasteiger partial charge is 0.0620 e. The Morgan fingerprint density at radius 1 is 1.12 bits per heavy atom. The quantitative estimate of drug-likeness (QED) is 0.449. The van der Waals surface area contributed by atoms with Crippen molar-refractivity contribution in [3.05, 3.63) is 0 Å². The maximum Gasteiger partial charge on any atom is -0.0383 e. The van der Waals surface area contributed by atoms with Crippen LogP contribution in [0.25, 0.3) is 0 Å². The van der Waals surface area contributed by atoms with E-state index < -0.39 is 0 Å². The van der Waals surface area contributed by atoms with Gasteiger partial charge in [0.05, 0.1) is 0 Å². The van der Waals surface area contributed by atoms with Gasteiger partial charge in [0.15, 0.2) is 0 Å². The predicted molar refractivity (Wildman–Crippen MR) is 34.6 cm³/mol. The molecule has 2 bridgehead atoms. The van der Waals surface area contributed by atoms with Crippen LogP contribution in [-0.4, -0.2) is 0 Å². The van der Waals surface area contributed by atoms with Gasteiger partial charge in [-0.1, -0.05) is 26.2 Å². The number of rotatable bonds is 0. The van der Waals surface area contributed by atoms with Crippen molar-refractivity contribution in [1.29, 1.82) is 0 Å². The third-order valence-corrected chi connectivity index (χ3v) is 3.24. The second-order valence-electron chi connectivity index (χ2n) is 3.55. The van der Waals surface area contributed by atoms with Gasteiger partial charge in [-0.2, -0.15) is 0 Å². The van der Waals surface area contributed by atoms with Gasteiger partial charge in [0.25, 0.3) is 0 Å². The molecule has 3 aliphatic rings. The fourth-order valence-electron chi connectivity index (χ4n) is 2.41. The van der Waals surface area contributed by atoms with Crippen LogP contribution in [0.5, 0.6) is 0 Å². The molecule has 0 amide bonds. The third kappa shape index (κ3) is 0.463. The Balaban J connectivity index is 2.03. The Morgan fingerprint density at radius 2 is 1.75 bits per heavy atom. The summed E-state index contributed by atoms with van der Waals surface area (Å²) in [6, 6.07) is 0. The lowest BCUT2D eigenvalue weighted by molar-refractivity contribution is 0.0284. The number of hydrogen-bond donors (Lipinski definition) is 0. The third-order valence-electron chi connectivity index (χ3n) is 3.24. The summed E-state index contributed by atoms with van der Waals surface area (Å²) in [6.07, 6.45) is 6.18. The van der Waals surface area contributed by atoms with Gasteiger partial charge in [-0.25, -0.2) is 0 Å². The van der Waals surface area contributed by atoms with Crippen LogP contribution in [0.15, 0.2) is 0 Å². The van der Waals surface area contributed by atoms with Crippen LogP contribution >= 0.6 is 0 Å². The maximum absolute atomic E-state index is 2.43. The topological polar surface area (TPSA) is 0 Å². The molecule has 0 aromatic heterocycles. The Morgan fingerprint density at radius 3 is 2.00 bits per heavy atom. The smallest absolute Gasteiger partial charge is 0.0383 e. The van der Waals surface area contributed by atoms with Crippen LogP contribution in [0, 0.1) is 17.8 Å². The first-order valence-corrected chi connectivity index (χ1v) is 3.88. The number of fused-ring (bicyclic) bond motifs is 2. The zero-order chi connectivity index (χ0) is 5.56. The van der Waals surface area contributed by atoms with Crippen LogP contribution in [0.2, 0.25) is 0 Å². The Bertz CT molecular complexity index is 82.2. The van der Waals surface area contributed by atoms with Gasteiger partial charge in [0, 0.05) is 0 Å². The minimum atomic E-state index is 1.10. The summed E-state index contributed by atoms with van der Waals surface area (Å²) < 4.78 is 0. The lowest BCUT2D eigenvalue weighted by Gasteiger charge is -2.47. The average Bonchev–Trinajstić information content (AvgIpc) is 1.89. The molecule has 0 aromatic rings. The molecule has 1 unspecified atom stereocenters. The van der Waals surface area contributed by atoms with E-state index in [-0.39, 0.29) is 0 Å². The van der Waals surface area contributed by atoms with Crippen LogP contribution in [0.3, 0.4) is 0 Å². The Labute approximate surface area is 51.3 Å². The van der Waals surface area contributed by atoms with Crippen molar-refractivity contribution in [2.24, 2.45) is 17.8 Å². The second kappa shape index (κ2) is 1.49. The fraction of sp³-hybridized carbons (Fsp3) is 1.00. The van der Waals surface area contributed by atoms with Crippen molar-refractivity contribution in [3.8, 4) is 0 Å². The molecule has 0 heterocycles. The molecule has 0 N–H and O–H groups in total. The van der Waals surface area contributed by atoms with E-state index >= 15 is 0 Å². The highest BCUT2D eigenvalue weighted by molar-refractivity contribution is 4.90. The molecule has 3 aliphatic carbocycles. The van der Waals surface area contributed by atoms with Crippen LogP contribution in [0.1, 0.15) is 32.6 Å². The van der Waals surface area contributed by atoms with E-state index in [1.807, 2.05) is 0 Å². The van der Waals surface area contributed by atoms with E-state index in [0.717, 1.165) is 17.8 Å². The summed E-state index contributed by atoms with van der Waals surface area (Å²) >= 11 is 0. The SMILES string of the molecule is CC1[C@@H]2CCC[C@H]1C2. The first-order valence-electron chi connectivity index (χ1n) is 3.88. The molecule has 3 atom stereocenters. The van der Waals surface area contributed by atoms with E-state index in [0.29, 0.717) is 0 Å². The second-order valence-corrected chi connectivity index (χ2v) is 3.55. The zero-order valence-electron chi connectivity index (χ0n) is 5.56. The molecule has 0 aromatic carbocycles. The molecule has 0 spiro atoms. The molecular weight excluding hydrogens is 96.1 g/mol. The summed E-state index contributed by atoms with van der Waals surface area (Å²) in [5.74, 6) is 3.39. The van der Waals surface area contributed by atoms with Gasteiger partial charge in [-0.05, 0) is 24.2 Å². The standard InChI is InChI=1S/C8H14/c1-6-7-3-2-4-8(6)5-7/h6-8H,2-5H2,1H3/t6?,7-,8+. The van der Waals surface area contributed by atoms with Crippen LogP contribution in [0.4, 0.5) is 0 Å². The van der Waals surface area contributed by atoms with Gasteiger partial charge >= 0.3 is 0 Å². The highest BCUT2D eigenvalue weighted by atomic mass is 14.4. The number of hydrogen-bond acceptors (Lipinski definition) is 0. The molecule has 0 aliphatic heterocycles. The van der Waals surface area contributed by atoms with Crippen molar-refractivity contribution in [2.45, 2.75) is 32.6 Å². The molecule has 3 fully saturated rings. The van der Waals surface area contributed by atoms with Crippen molar-refractivity contribution in [2.75, 3.05) is 0 Å². The minimum absolute atomic E-state index is 1.10. The molecule has 0 nitrogen and oxygen atoms in total. The lowest BCUT2D eigenvalue weighted by Crippen LogP contribution is -2.38. The summed E-state index contributed by atoms with van der Waals surface area (Å²) in [5, 5.41) is 0. The van der Waals surface area contributed by atoms with E-state index in [2.05, 4.69) is 6.92 Å². The maximum atomic E-state index is 2.43. The highest BCUT2D eigenvalue weighted by Gasteiger charge is 2.39. The zero-order valence-corrected chi connectivity index (χ0v) is 5.56. The van der Waals surface area contributed by atoms with E-state index in [1.54, 1.807) is 6.42 Å². The van der Waals surface area contributed by atoms with Gasteiger partial charge in [-0.3, -0.25) is 0 Å². The highest BCUT2D eigenvalue weighted by Crippen LogP contribution is 2.49. The normalized spacial score (nSPS) is 52.9. The molecular formula is C8H14. The molecule has 0 saturated heterocycles. The average molecular weight is 110 g/mol. The predicted octanol–water partition coefficient (Wildman–Crippen LogP) is 2.44. The van der Waals surface area contributed by atoms with E-state index in [1.165, 1.54) is 19.3 Å². The fourth-order valence-corrected chi connectivity index (χ4v) is 2.41. The van der Waals surface area contributed by atoms with Crippen LogP contribution in [-0.2, 0) is 0 Å². The lowest BCUT2D eigenvalue weighted by atomic mass is 9.58. The van der Waals surface area contributed by atoms with Crippen molar-refractivity contribution in [3.63, 3.8) is 0 Å². The summed E-state index contributed by atoms with van der Waals surface area (Å²) in [6.45, 7) is 2.43. The molecule has 8 heavy (non-hydrogen) atoms. The van der Waals surface area contributed by atoms with Gasteiger partial charge < -0.3 is 0 Å². The van der Waals surface area contributed by atoms with Gasteiger partial charge in [-0.15, -0.1) is 0 Å². The van der Waals surface area contributed by atoms with Crippen LogP contribution < -0.4 is 0 Å². The van der Waals surface area contributed by atoms with E-state index in [4.69, 9.17) is 0 Å². The monoisotopic (exact) mass is 110 g/mol. The first-order chi connectivity index (χ1) is 3.88. The van der Waals surface area contributed by atoms with Gasteiger partial charge in [0.2, 0.25) is 0 Å². The first kappa shape index (κ1) is 4.84. The van der Waals surface area contributed by atoms with Gasteiger partial charge in [0.1, 0.15) is 0 Å². The molecule has 3 saturated carbocycles. The van der Waals surface area contributed by atoms with E-state index in [9.17, 15) is 0 Å².